The average molecular weight is 827 g/mol. The van der Waals surface area contributed by atoms with Crippen molar-refractivity contribution >= 4 is 33.9 Å². The van der Waals surface area contributed by atoms with Gasteiger partial charge in [0.2, 0.25) is 0 Å². The molecule has 312 valence electrons. The van der Waals surface area contributed by atoms with Crippen molar-refractivity contribution in [2.45, 2.75) is 39.2 Å². The summed E-state index contributed by atoms with van der Waals surface area (Å²) in [6.45, 7) is 4.61. The van der Waals surface area contributed by atoms with E-state index in [1.807, 2.05) is 0 Å². The lowest BCUT2D eigenvalue weighted by atomic mass is 9.90. The molecule has 0 aromatic heterocycles. The number of benzene rings is 7. The van der Waals surface area contributed by atoms with E-state index in [4.69, 9.17) is 0 Å². The molecule has 0 spiro atoms. The first-order chi connectivity index (χ1) is 31.5. The third-order valence-electron chi connectivity index (χ3n) is 13.0. The van der Waals surface area contributed by atoms with Gasteiger partial charge in [0.15, 0.2) is 0 Å². The van der Waals surface area contributed by atoms with Gasteiger partial charge in [0.25, 0.3) is 0 Å². The van der Waals surface area contributed by atoms with Crippen molar-refractivity contribution in [2.24, 2.45) is 11.8 Å². The summed E-state index contributed by atoms with van der Waals surface area (Å²) in [5.74, 6) is 0.987. The van der Waals surface area contributed by atoms with Crippen molar-refractivity contribution < 1.29 is 0 Å². The molecular weight excluding hydrogens is 773 g/mol. The predicted octanol–water partition coefficient (Wildman–Crippen LogP) is 16.8. The highest BCUT2D eigenvalue weighted by Crippen LogP contribution is 2.39. The molecule has 0 saturated carbocycles. The summed E-state index contributed by atoms with van der Waals surface area (Å²) in [6, 6.07) is 66.8. The third kappa shape index (κ3) is 8.78. The van der Waals surface area contributed by atoms with Gasteiger partial charge >= 0.3 is 0 Å². The summed E-state index contributed by atoms with van der Waals surface area (Å²) in [6.07, 6.45) is 23.6. The number of allylic oxidation sites excluding steroid dienone is 10. The Balaban J connectivity index is 0.862. The molecule has 3 aliphatic carbocycles. The van der Waals surface area contributed by atoms with Crippen molar-refractivity contribution in [3.05, 3.63) is 253 Å². The van der Waals surface area contributed by atoms with Crippen molar-refractivity contribution in [1.82, 2.24) is 0 Å². The molecular formula is C62H54N2. The minimum Gasteiger partial charge on any atom is -0.334 e. The highest BCUT2D eigenvalue weighted by Gasteiger charge is 2.23. The summed E-state index contributed by atoms with van der Waals surface area (Å²) >= 11 is 0. The first kappa shape index (κ1) is 40.6. The second-order valence-electron chi connectivity index (χ2n) is 17.4. The molecule has 10 rings (SSSR count). The third-order valence-corrected chi connectivity index (χ3v) is 13.0. The molecule has 3 aliphatic rings. The Kier molecular flexibility index (Phi) is 11.8. The molecule has 2 nitrogen and oxygen atoms in total. The van der Waals surface area contributed by atoms with Crippen molar-refractivity contribution in [3.8, 4) is 33.4 Å². The van der Waals surface area contributed by atoms with E-state index < -0.39 is 0 Å². The van der Waals surface area contributed by atoms with Crippen LogP contribution in [0.3, 0.4) is 0 Å². The first-order valence-electron chi connectivity index (χ1n) is 22.9. The standard InChI is InChI=1S/C62H54N2/c1-45-12-11-16-56(44-45)55-26-24-50(25-27-55)52-32-40-60(41-33-52)64(62-19-10-9-13-46(62)2)61-42-34-54(35-43-61)53-30-38-59(39-31-53)63(57-17-7-4-8-18-57)58-36-28-51(29-37-58)49-22-20-48(21-23-49)47-14-5-3-6-15-47/h3-12,14-38,40-43,45-46,59H,13,39,44H2,1-2H3. The zero-order valence-corrected chi connectivity index (χ0v) is 36.8. The molecule has 0 saturated heterocycles. The summed E-state index contributed by atoms with van der Waals surface area (Å²) in [5, 5.41) is 0. The van der Waals surface area contributed by atoms with E-state index >= 15 is 0 Å². The first-order valence-corrected chi connectivity index (χ1v) is 22.9. The van der Waals surface area contributed by atoms with Crippen LogP contribution in [0.4, 0.5) is 22.7 Å². The normalized spacial score (nSPS) is 17.9. The highest BCUT2D eigenvalue weighted by atomic mass is 15.2. The Labute approximate surface area is 379 Å². The Hall–Kier alpha value is -7.42. The van der Waals surface area contributed by atoms with Crippen LogP contribution in [0.5, 0.6) is 0 Å². The fourth-order valence-electron chi connectivity index (χ4n) is 9.45. The van der Waals surface area contributed by atoms with Gasteiger partial charge in [-0.2, -0.15) is 0 Å². The summed E-state index contributed by atoms with van der Waals surface area (Å²) < 4.78 is 0. The van der Waals surface area contributed by atoms with E-state index in [-0.39, 0.29) is 6.04 Å². The zero-order valence-electron chi connectivity index (χ0n) is 36.8. The number of hydrogen-bond donors (Lipinski definition) is 0. The van der Waals surface area contributed by atoms with Gasteiger partial charge in [-0.15, -0.1) is 0 Å². The lowest BCUT2D eigenvalue weighted by Crippen LogP contribution is -2.30. The lowest BCUT2D eigenvalue weighted by molar-refractivity contribution is 0.670. The number of nitrogens with zero attached hydrogens (tertiary/aromatic N) is 2. The topological polar surface area (TPSA) is 6.48 Å². The second-order valence-corrected chi connectivity index (χ2v) is 17.4. The van der Waals surface area contributed by atoms with Crippen LogP contribution in [-0.2, 0) is 0 Å². The Bertz CT molecular complexity index is 2880. The quantitative estimate of drug-likeness (QED) is 0.128. The van der Waals surface area contributed by atoms with Crippen LogP contribution in [0.15, 0.2) is 242 Å². The Morgan fingerprint density at radius 3 is 1.44 bits per heavy atom. The molecule has 7 aromatic carbocycles. The lowest BCUT2D eigenvalue weighted by Gasteiger charge is -2.33. The Morgan fingerprint density at radius 2 is 0.906 bits per heavy atom. The van der Waals surface area contributed by atoms with Crippen molar-refractivity contribution in [1.29, 1.82) is 0 Å². The molecule has 0 bridgehead atoms. The fourth-order valence-corrected chi connectivity index (χ4v) is 9.45. The Morgan fingerprint density at radius 1 is 0.422 bits per heavy atom. The van der Waals surface area contributed by atoms with E-state index in [1.165, 1.54) is 84.1 Å². The van der Waals surface area contributed by atoms with Gasteiger partial charge in [0.1, 0.15) is 0 Å². The maximum absolute atomic E-state index is 2.47. The van der Waals surface area contributed by atoms with E-state index in [0.717, 1.165) is 19.3 Å². The summed E-state index contributed by atoms with van der Waals surface area (Å²) in [7, 11) is 0. The van der Waals surface area contributed by atoms with Crippen LogP contribution in [0, 0.1) is 11.8 Å². The number of para-hydroxylation sites is 1. The monoisotopic (exact) mass is 826 g/mol. The molecule has 3 unspecified atom stereocenters. The van der Waals surface area contributed by atoms with Crippen LogP contribution in [-0.4, -0.2) is 6.04 Å². The molecule has 0 fully saturated rings. The van der Waals surface area contributed by atoms with Crippen molar-refractivity contribution in [2.75, 3.05) is 9.80 Å². The summed E-state index contributed by atoms with van der Waals surface area (Å²) in [5.41, 5.74) is 18.6. The maximum Gasteiger partial charge on any atom is 0.0560 e. The number of rotatable bonds is 11. The van der Waals surface area contributed by atoms with Gasteiger partial charge in [0, 0.05) is 34.4 Å². The molecule has 0 heterocycles. The average Bonchev–Trinajstić information content (AvgIpc) is 3.36. The SMILES string of the molecule is CC1C=CC=C(c2ccc(-c3ccc(N(C4=CC=CCC4C)c4ccc(C5=CCC(N(c6ccccc6)c6ccc(-c7ccc(-c8ccccc8)cc7)cc6)C=C5)cc4)cc3)cc2)C1. The number of anilines is 4. The van der Waals surface area contributed by atoms with Gasteiger partial charge in [-0.3, -0.25) is 0 Å². The second kappa shape index (κ2) is 18.5. The molecule has 0 N–H and O–H groups in total. The highest BCUT2D eigenvalue weighted by molar-refractivity contribution is 5.81. The fraction of sp³-hybridized carbons (Fsp3) is 0.129. The van der Waals surface area contributed by atoms with E-state index in [9.17, 15) is 0 Å². The van der Waals surface area contributed by atoms with Crippen molar-refractivity contribution in [3.63, 3.8) is 0 Å². The maximum atomic E-state index is 2.47. The predicted molar refractivity (Wildman–Crippen MR) is 274 cm³/mol. The van der Waals surface area contributed by atoms with E-state index in [2.05, 4.69) is 260 Å². The molecule has 3 atom stereocenters. The molecule has 64 heavy (non-hydrogen) atoms. The minimum atomic E-state index is 0.182. The largest absolute Gasteiger partial charge is 0.334 e. The molecule has 0 aliphatic heterocycles. The molecule has 0 radical (unpaired) electrons. The summed E-state index contributed by atoms with van der Waals surface area (Å²) in [4.78, 5) is 4.91. The van der Waals surface area contributed by atoms with E-state index in [0.29, 0.717) is 11.8 Å². The van der Waals surface area contributed by atoms with Crippen LogP contribution in [0.1, 0.15) is 44.2 Å². The molecule has 2 heteroatoms. The van der Waals surface area contributed by atoms with Gasteiger partial charge in [-0.05, 0) is 135 Å². The van der Waals surface area contributed by atoms with Gasteiger partial charge < -0.3 is 9.80 Å². The zero-order chi connectivity index (χ0) is 43.2. The van der Waals surface area contributed by atoms with Crippen LogP contribution in [0.25, 0.3) is 44.5 Å². The van der Waals surface area contributed by atoms with E-state index in [1.54, 1.807) is 0 Å². The van der Waals surface area contributed by atoms with Crippen LogP contribution in [0.2, 0.25) is 0 Å². The van der Waals surface area contributed by atoms with Gasteiger partial charge in [-0.1, -0.05) is 196 Å². The smallest absolute Gasteiger partial charge is 0.0560 e. The van der Waals surface area contributed by atoms with Gasteiger partial charge in [0.05, 0.1) is 6.04 Å². The molecule has 7 aromatic rings. The van der Waals surface area contributed by atoms with Gasteiger partial charge in [-0.25, -0.2) is 0 Å². The van der Waals surface area contributed by atoms with Crippen LogP contribution >= 0.6 is 0 Å². The van der Waals surface area contributed by atoms with Crippen LogP contribution < -0.4 is 9.80 Å². The number of hydrogen-bond acceptors (Lipinski definition) is 2. The minimum absolute atomic E-state index is 0.182. The molecule has 0 amide bonds.